The molecule has 0 saturated heterocycles. The number of aliphatic hydroxyl groups excluding tert-OH is 1. The van der Waals surface area contributed by atoms with Crippen LogP contribution in [0.3, 0.4) is 0 Å². The largest absolute Gasteiger partial charge is 0.396 e. The minimum Gasteiger partial charge on any atom is -0.396 e. The van der Waals surface area contributed by atoms with Crippen LogP contribution < -0.4 is 21.0 Å². The van der Waals surface area contributed by atoms with Crippen LogP contribution in [0.4, 0.5) is 11.5 Å². The smallest absolute Gasteiger partial charge is 0.329 e. The number of nitrogens with zero attached hydrogens (tertiary/aromatic N) is 3. The highest BCUT2D eigenvalue weighted by Gasteiger charge is 2.28. The van der Waals surface area contributed by atoms with E-state index in [-0.39, 0.29) is 17.9 Å². The standard InChI is InChI=1S/C15H26N4O3/c1-17-11-19(9-7-5-3-4-6-8-10-20)14-12(17)13(21)16-15(22)18(14)2/h20H,3-11H2,1-2H3,(H,16,21,22). The Labute approximate surface area is 130 Å². The van der Waals surface area contributed by atoms with Crippen LogP contribution in [0, 0.1) is 0 Å². The summed E-state index contributed by atoms with van der Waals surface area (Å²) in [6.45, 7) is 1.76. The molecule has 0 unspecified atom stereocenters. The Bertz CT molecular complexity index is 608. The monoisotopic (exact) mass is 310 g/mol. The van der Waals surface area contributed by atoms with Gasteiger partial charge < -0.3 is 14.9 Å². The molecule has 0 atom stereocenters. The summed E-state index contributed by atoms with van der Waals surface area (Å²) < 4.78 is 1.52. The van der Waals surface area contributed by atoms with Gasteiger partial charge in [-0.2, -0.15) is 0 Å². The molecule has 1 aliphatic heterocycles. The SMILES string of the molecule is CN1CN(CCCCCCCCO)c2c1c(=O)[nH]c(=O)n2C. The van der Waals surface area contributed by atoms with E-state index in [1.807, 2.05) is 11.9 Å². The molecule has 1 aliphatic rings. The van der Waals surface area contributed by atoms with Crippen LogP contribution in [0.5, 0.6) is 0 Å². The Morgan fingerprint density at radius 2 is 1.68 bits per heavy atom. The van der Waals surface area contributed by atoms with Crippen LogP contribution in [0.2, 0.25) is 0 Å². The summed E-state index contributed by atoms with van der Waals surface area (Å²) in [6.07, 6.45) is 6.43. The van der Waals surface area contributed by atoms with E-state index in [2.05, 4.69) is 9.88 Å². The normalized spacial score (nSPS) is 13.8. The number of rotatable bonds is 8. The average molecular weight is 310 g/mol. The summed E-state index contributed by atoms with van der Waals surface area (Å²) >= 11 is 0. The fourth-order valence-corrected chi connectivity index (χ4v) is 2.99. The Kier molecular flexibility index (Phi) is 5.65. The third-order valence-electron chi connectivity index (χ3n) is 4.17. The van der Waals surface area contributed by atoms with E-state index in [1.165, 1.54) is 4.57 Å². The molecule has 1 aromatic heterocycles. The maximum Gasteiger partial charge on any atom is 0.329 e. The number of hydrogen-bond acceptors (Lipinski definition) is 5. The van der Waals surface area contributed by atoms with Gasteiger partial charge in [-0.05, 0) is 12.8 Å². The van der Waals surface area contributed by atoms with Crippen LogP contribution in [-0.2, 0) is 7.05 Å². The first-order chi connectivity index (χ1) is 10.6. The van der Waals surface area contributed by atoms with E-state index in [4.69, 9.17) is 5.11 Å². The summed E-state index contributed by atoms with van der Waals surface area (Å²) in [4.78, 5) is 30.1. The first-order valence-electron chi connectivity index (χ1n) is 7.96. The summed E-state index contributed by atoms with van der Waals surface area (Å²) in [5, 5.41) is 8.73. The Hall–Kier alpha value is -1.76. The molecule has 2 N–H and O–H groups in total. The molecular weight excluding hydrogens is 284 g/mol. The van der Waals surface area contributed by atoms with Crippen molar-refractivity contribution in [3.63, 3.8) is 0 Å². The van der Waals surface area contributed by atoms with Gasteiger partial charge in [0, 0.05) is 27.2 Å². The molecule has 0 aromatic carbocycles. The maximum absolute atomic E-state index is 12.0. The summed E-state index contributed by atoms with van der Waals surface area (Å²) in [5.41, 5.74) is -0.106. The Morgan fingerprint density at radius 1 is 1.05 bits per heavy atom. The van der Waals surface area contributed by atoms with Crippen molar-refractivity contribution in [2.24, 2.45) is 7.05 Å². The van der Waals surface area contributed by atoms with Gasteiger partial charge in [-0.25, -0.2) is 4.79 Å². The fourth-order valence-electron chi connectivity index (χ4n) is 2.99. The minimum atomic E-state index is -0.368. The highest BCUT2D eigenvalue weighted by molar-refractivity contribution is 5.71. The molecule has 2 rings (SSSR count). The van der Waals surface area contributed by atoms with Crippen LogP contribution in [0.25, 0.3) is 0 Å². The second kappa shape index (κ2) is 7.49. The minimum absolute atomic E-state index is 0.277. The number of aromatic amines is 1. The molecular formula is C15H26N4O3. The number of aromatic nitrogens is 2. The van der Waals surface area contributed by atoms with Crippen molar-refractivity contribution in [3.8, 4) is 0 Å². The van der Waals surface area contributed by atoms with Crippen molar-refractivity contribution >= 4 is 11.5 Å². The lowest BCUT2D eigenvalue weighted by molar-refractivity contribution is 0.282. The molecule has 7 heteroatoms. The first kappa shape index (κ1) is 16.6. The van der Waals surface area contributed by atoms with Crippen LogP contribution in [0.1, 0.15) is 38.5 Å². The van der Waals surface area contributed by atoms with Crippen LogP contribution in [-0.4, -0.2) is 41.5 Å². The molecule has 0 aliphatic carbocycles. The van der Waals surface area contributed by atoms with Gasteiger partial charge >= 0.3 is 5.69 Å². The molecule has 0 spiro atoms. The third kappa shape index (κ3) is 3.52. The predicted molar refractivity (Wildman–Crippen MR) is 87.7 cm³/mol. The van der Waals surface area contributed by atoms with Crippen molar-refractivity contribution in [2.75, 3.05) is 36.7 Å². The highest BCUT2D eigenvalue weighted by Crippen LogP contribution is 2.29. The van der Waals surface area contributed by atoms with Crippen molar-refractivity contribution in [2.45, 2.75) is 38.5 Å². The zero-order valence-corrected chi connectivity index (χ0v) is 13.5. The molecule has 0 amide bonds. The van der Waals surface area contributed by atoms with Crippen LogP contribution >= 0.6 is 0 Å². The lowest BCUT2D eigenvalue weighted by Gasteiger charge is -2.20. The number of fused-ring (bicyclic) bond motifs is 1. The highest BCUT2D eigenvalue weighted by atomic mass is 16.3. The molecule has 7 nitrogen and oxygen atoms in total. The molecule has 0 bridgehead atoms. The second-order valence-electron chi connectivity index (χ2n) is 5.94. The van der Waals surface area contributed by atoms with E-state index in [9.17, 15) is 9.59 Å². The van der Waals surface area contributed by atoms with E-state index in [0.717, 1.165) is 50.9 Å². The van der Waals surface area contributed by atoms with Crippen molar-refractivity contribution in [1.29, 1.82) is 0 Å². The molecule has 0 saturated carbocycles. The van der Waals surface area contributed by atoms with Gasteiger partial charge in [0.2, 0.25) is 0 Å². The summed E-state index contributed by atoms with van der Waals surface area (Å²) in [5.74, 6) is 0.719. The number of aliphatic hydroxyl groups is 1. The summed E-state index contributed by atoms with van der Waals surface area (Å²) in [6, 6.07) is 0. The predicted octanol–water partition coefficient (Wildman–Crippen LogP) is 0.620. The van der Waals surface area contributed by atoms with Crippen LogP contribution in [0.15, 0.2) is 9.59 Å². The van der Waals surface area contributed by atoms with Crippen molar-refractivity contribution in [1.82, 2.24) is 9.55 Å². The second-order valence-corrected chi connectivity index (χ2v) is 5.94. The molecule has 2 heterocycles. The first-order valence-corrected chi connectivity index (χ1v) is 7.96. The van der Waals surface area contributed by atoms with Crippen molar-refractivity contribution in [3.05, 3.63) is 20.8 Å². The fraction of sp³-hybridized carbons (Fsp3) is 0.733. The van der Waals surface area contributed by atoms with E-state index < -0.39 is 0 Å². The molecule has 0 fully saturated rings. The lowest BCUT2D eigenvalue weighted by Crippen LogP contribution is -2.32. The van der Waals surface area contributed by atoms with Gasteiger partial charge in [0.25, 0.3) is 5.56 Å². The van der Waals surface area contributed by atoms with Gasteiger partial charge in [-0.3, -0.25) is 14.3 Å². The maximum atomic E-state index is 12.0. The topological polar surface area (TPSA) is 81.6 Å². The van der Waals surface area contributed by atoms with Gasteiger partial charge in [-0.15, -0.1) is 0 Å². The number of hydrogen-bond donors (Lipinski definition) is 2. The van der Waals surface area contributed by atoms with E-state index in [1.54, 1.807) is 7.05 Å². The number of unbranched alkanes of at least 4 members (excludes halogenated alkanes) is 5. The molecule has 124 valence electrons. The summed E-state index contributed by atoms with van der Waals surface area (Å²) in [7, 11) is 3.56. The lowest BCUT2D eigenvalue weighted by atomic mass is 10.1. The molecule has 22 heavy (non-hydrogen) atoms. The van der Waals surface area contributed by atoms with Gasteiger partial charge in [0.1, 0.15) is 11.5 Å². The van der Waals surface area contributed by atoms with Gasteiger partial charge in [-0.1, -0.05) is 25.7 Å². The average Bonchev–Trinajstić information content (AvgIpc) is 2.81. The van der Waals surface area contributed by atoms with Crippen molar-refractivity contribution < 1.29 is 5.11 Å². The zero-order chi connectivity index (χ0) is 16.1. The van der Waals surface area contributed by atoms with Gasteiger partial charge in [0.05, 0.1) is 6.67 Å². The third-order valence-corrected chi connectivity index (χ3v) is 4.17. The zero-order valence-electron chi connectivity index (χ0n) is 13.5. The van der Waals surface area contributed by atoms with Gasteiger partial charge in [0.15, 0.2) is 0 Å². The molecule has 1 aromatic rings. The van der Waals surface area contributed by atoms with E-state index in [0.29, 0.717) is 12.4 Å². The molecule has 0 radical (unpaired) electrons. The number of H-pyrrole nitrogens is 1. The quantitative estimate of drug-likeness (QED) is 0.688. The number of anilines is 2. The Balaban J connectivity index is 1.93. The van der Waals surface area contributed by atoms with E-state index >= 15 is 0 Å². The Morgan fingerprint density at radius 3 is 2.36 bits per heavy atom. The number of nitrogens with one attached hydrogen (secondary N) is 1.